The number of hydrogen-bond acceptors (Lipinski definition) is 6. The van der Waals surface area contributed by atoms with Crippen LogP contribution in [-0.2, 0) is 12.8 Å². The van der Waals surface area contributed by atoms with E-state index < -0.39 is 0 Å². The van der Waals surface area contributed by atoms with Gasteiger partial charge in [0, 0.05) is 29.5 Å². The predicted octanol–water partition coefficient (Wildman–Crippen LogP) is 1.96. The molecule has 8 nitrogen and oxygen atoms in total. The third-order valence-electron chi connectivity index (χ3n) is 6.13. The van der Waals surface area contributed by atoms with Crippen molar-refractivity contribution in [1.82, 2.24) is 0 Å². The van der Waals surface area contributed by atoms with Crippen LogP contribution >= 0.6 is 0 Å². The largest absolute Gasteiger partial charge is 0.493 e. The maximum Gasteiger partial charge on any atom is 0.318 e. The first-order valence-electron chi connectivity index (χ1n) is 9.49. The molecular weight excluding hydrogens is 376 g/mol. The van der Waals surface area contributed by atoms with Crippen LogP contribution in [0.4, 0.5) is 5.69 Å². The molecule has 0 fully saturated rings. The summed E-state index contributed by atoms with van der Waals surface area (Å²) in [5.41, 5.74) is 4.65. The van der Waals surface area contributed by atoms with Gasteiger partial charge in [-0.05, 0) is 23.3 Å². The van der Waals surface area contributed by atoms with Crippen LogP contribution in [0.1, 0.15) is 22.7 Å². The van der Waals surface area contributed by atoms with Crippen LogP contribution in [0.5, 0.6) is 23.0 Å². The molecule has 4 rings (SSSR count). The van der Waals surface area contributed by atoms with E-state index in [1.54, 1.807) is 14.2 Å². The van der Waals surface area contributed by atoms with Crippen LogP contribution in [0.3, 0.4) is 0 Å². The second-order valence-electron chi connectivity index (χ2n) is 7.41. The van der Waals surface area contributed by atoms with Crippen LogP contribution in [0.2, 0.25) is 0 Å². The van der Waals surface area contributed by atoms with Crippen molar-refractivity contribution in [1.29, 1.82) is 0 Å². The lowest BCUT2D eigenvalue weighted by Gasteiger charge is -2.38. The van der Waals surface area contributed by atoms with Gasteiger partial charge in [0.15, 0.2) is 17.2 Å². The molecule has 2 aromatic carbocycles. The van der Waals surface area contributed by atoms with Gasteiger partial charge in [0.25, 0.3) is 0 Å². The van der Waals surface area contributed by atoms with E-state index in [-0.39, 0.29) is 22.4 Å². The number of ether oxygens (including phenoxy) is 4. The SMILES string of the molecule is COc1cc2c(cc1OC)-c1c(OC)c(OC)c([N+](=O)[O-])c3c1[C@@H](C2)[NH+](C)CC3. The van der Waals surface area contributed by atoms with Gasteiger partial charge in [0.2, 0.25) is 5.75 Å². The molecule has 1 heterocycles. The Labute approximate surface area is 169 Å². The molecule has 2 aliphatic rings. The number of benzene rings is 2. The van der Waals surface area contributed by atoms with Crippen molar-refractivity contribution in [3.63, 3.8) is 0 Å². The Bertz CT molecular complexity index is 1000. The standard InChI is InChI=1S/C21H24N2O6/c1-22-7-6-12-17-14(22)8-11-9-15(26-2)16(27-3)10-13(11)18(17)20(28-4)21(29-5)19(12)23(24)25/h9-10,14H,6-8H2,1-5H3/p+1/t14-/m1/s1. The summed E-state index contributed by atoms with van der Waals surface area (Å²) >= 11 is 0. The number of nitrogens with one attached hydrogen (secondary N) is 1. The molecule has 29 heavy (non-hydrogen) atoms. The molecule has 1 aliphatic carbocycles. The van der Waals surface area contributed by atoms with E-state index in [9.17, 15) is 10.1 Å². The smallest absolute Gasteiger partial charge is 0.318 e. The Morgan fingerprint density at radius 3 is 2.28 bits per heavy atom. The van der Waals surface area contributed by atoms with Gasteiger partial charge in [-0.15, -0.1) is 0 Å². The first-order valence-corrected chi connectivity index (χ1v) is 9.49. The molecule has 0 saturated heterocycles. The van der Waals surface area contributed by atoms with Crippen molar-refractivity contribution in [3.8, 4) is 34.1 Å². The van der Waals surface area contributed by atoms with E-state index in [1.165, 1.54) is 19.1 Å². The number of methoxy groups -OCH3 is 4. The number of nitro groups is 1. The van der Waals surface area contributed by atoms with E-state index in [0.29, 0.717) is 23.7 Å². The number of rotatable bonds is 5. The zero-order valence-electron chi connectivity index (χ0n) is 17.3. The number of quaternary nitrogens is 1. The summed E-state index contributed by atoms with van der Waals surface area (Å²) in [5.74, 6) is 1.84. The third-order valence-corrected chi connectivity index (χ3v) is 6.13. The molecular formula is C21H25N2O6+. The normalized spacial score (nSPS) is 19.1. The summed E-state index contributed by atoms with van der Waals surface area (Å²) in [7, 11) is 8.31. The minimum Gasteiger partial charge on any atom is -0.493 e. The van der Waals surface area contributed by atoms with Gasteiger partial charge in [0.05, 0.1) is 47.0 Å². The highest BCUT2D eigenvalue weighted by molar-refractivity contribution is 5.88. The Balaban J connectivity index is 2.14. The fourth-order valence-electron chi connectivity index (χ4n) is 4.80. The lowest BCUT2D eigenvalue weighted by atomic mass is 9.75. The molecule has 154 valence electrons. The minimum absolute atomic E-state index is 0.0181. The third kappa shape index (κ3) is 2.70. The van der Waals surface area contributed by atoms with Crippen LogP contribution in [0.25, 0.3) is 11.1 Å². The summed E-state index contributed by atoms with van der Waals surface area (Å²) in [6, 6.07) is 4.02. The Kier molecular flexibility index (Phi) is 4.74. The molecule has 0 radical (unpaired) electrons. The highest BCUT2D eigenvalue weighted by Gasteiger charge is 2.44. The molecule has 0 saturated carbocycles. The van der Waals surface area contributed by atoms with Gasteiger partial charge in [-0.2, -0.15) is 0 Å². The summed E-state index contributed by atoms with van der Waals surface area (Å²) in [4.78, 5) is 13.0. The summed E-state index contributed by atoms with van der Waals surface area (Å²) in [5, 5.41) is 12.0. The van der Waals surface area contributed by atoms with E-state index in [1.807, 2.05) is 12.1 Å². The maximum atomic E-state index is 12.0. The maximum absolute atomic E-state index is 12.0. The topological polar surface area (TPSA) is 84.5 Å². The van der Waals surface area contributed by atoms with Crippen LogP contribution in [-0.4, -0.2) is 47.0 Å². The van der Waals surface area contributed by atoms with E-state index in [2.05, 4.69) is 7.05 Å². The molecule has 1 N–H and O–H groups in total. The molecule has 2 atom stereocenters. The van der Waals surface area contributed by atoms with Crippen molar-refractivity contribution in [2.75, 3.05) is 42.0 Å². The average Bonchev–Trinajstić information content (AvgIpc) is 2.73. The fourth-order valence-corrected chi connectivity index (χ4v) is 4.80. The number of hydrogen-bond donors (Lipinski definition) is 1. The quantitative estimate of drug-likeness (QED) is 0.609. The number of fused-ring (bicyclic) bond motifs is 2. The summed E-state index contributed by atoms with van der Waals surface area (Å²) < 4.78 is 22.2. The monoisotopic (exact) mass is 401 g/mol. The Morgan fingerprint density at radius 1 is 1.03 bits per heavy atom. The van der Waals surface area contributed by atoms with Gasteiger partial charge in [0.1, 0.15) is 6.04 Å². The lowest BCUT2D eigenvalue weighted by molar-refractivity contribution is -0.914. The van der Waals surface area contributed by atoms with Crippen LogP contribution in [0.15, 0.2) is 12.1 Å². The number of nitrogens with zero attached hydrogens (tertiary/aromatic N) is 1. The van der Waals surface area contributed by atoms with Crippen molar-refractivity contribution >= 4 is 5.69 Å². The number of nitro benzene ring substituents is 1. The highest BCUT2D eigenvalue weighted by Crippen LogP contribution is 2.55. The predicted molar refractivity (Wildman–Crippen MR) is 107 cm³/mol. The molecule has 1 aliphatic heterocycles. The van der Waals surface area contributed by atoms with Gasteiger partial charge in [-0.3, -0.25) is 10.1 Å². The fraction of sp³-hybridized carbons (Fsp3) is 0.429. The van der Waals surface area contributed by atoms with Gasteiger partial charge >= 0.3 is 5.69 Å². The van der Waals surface area contributed by atoms with Crippen molar-refractivity contribution in [3.05, 3.63) is 38.9 Å². The second-order valence-corrected chi connectivity index (χ2v) is 7.41. The van der Waals surface area contributed by atoms with Gasteiger partial charge in [-0.1, -0.05) is 0 Å². The molecule has 0 amide bonds. The van der Waals surface area contributed by atoms with Crippen LogP contribution in [0, 0.1) is 10.1 Å². The van der Waals surface area contributed by atoms with Crippen molar-refractivity contribution in [2.45, 2.75) is 18.9 Å². The number of likely N-dealkylation sites (N-methyl/N-ethyl adjacent to an activating group) is 1. The van der Waals surface area contributed by atoms with Crippen molar-refractivity contribution in [2.24, 2.45) is 0 Å². The molecule has 2 aromatic rings. The van der Waals surface area contributed by atoms with E-state index >= 15 is 0 Å². The van der Waals surface area contributed by atoms with Crippen molar-refractivity contribution < 1.29 is 28.8 Å². The van der Waals surface area contributed by atoms with Gasteiger partial charge < -0.3 is 23.8 Å². The molecule has 0 aromatic heterocycles. The van der Waals surface area contributed by atoms with Crippen LogP contribution < -0.4 is 23.8 Å². The minimum atomic E-state index is -0.348. The zero-order chi connectivity index (χ0) is 20.9. The molecule has 0 bridgehead atoms. The first kappa shape index (κ1) is 19.3. The average molecular weight is 401 g/mol. The Morgan fingerprint density at radius 2 is 1.69 bits per heavy atom. The van der Waals surface area contributed by atoms with E-state index in [0.717, 1.165) is 40.8 Å². The molecule has 0 spiro atoms. The molecule has 1 unspecified atom stereocenters. The first-order chi connectivity index (χ1) is 14.0. The summed E-state index contributed by atoms with van der Waals surface area (Å²) in [6.45, 7) is 0.816. The zero-order valence-corrected chi connectivity index (χ0v) is 17.3. The van der Waals surface area contributed by atoms with Gasteiger partial charge in [-0.25, -0.2) is 0 Å². The second kappa shape index (κ2) is 7.11. The lowest BCUT2D eigenvalue weighted by Crippen LogP contribution is -3.10. The van der Waals surface area contributed by atoms with E-state index in [4.69, 9.17) is 18.9 Å². The summed E-state index contributed by atoms with van der Waals surface area (Å²) in [6.07, 6.45) is 1.37. The molecule has 8 heteroatoms. The highest BCUT2D eigenvalue weighted by atomic mass is 16.6. The Hall–Kier alpha value is -3.00.